The summed E-state index contributed by atoms with van der Waals surface area (Å²) in [6.07, 6.45) is 2.41. The third kappa shape index (κ3) is 2.21. The van der Waals surface area contributed by atoms with Gasteiger partial charge < -0.3 is 5.32 Å². The van der Waals surface area contributed by atoms with Crippen LogP contribution in [0.3, 0.4) is 0 Å². The fraction of sp³-hybridized carbons (Fsp3) is 0.231. The molecule has 1 aromatic heterocycles. The van der Waals surface area contributed by atoms with Gasteiger partial charge in [-0.3, -0.25) is 4.79 Å². The van der Waals surface area contributed by atoms with Gasteiger partial charge in [-0.2, -0.15) is 13.9 Å². The van der Waals surface area contributed by atoms with Crippen molar-refractivity contribution in [3.8, 4) is 11.3 Å². The van der Waals surface area contributed by atoms with Gasteiger partial charge in [0.2, 0.25) is 5.91 Å². The smallest absolute Gasteiger partial charge is 0.326 e. The van der Waals surface area contributed by atoms with E-state index in [2.05, 4.69) is 10.4 Å². The summed E-state index contributed by atoms with van der Waals surface area (Å²) in [7, 11) is 0. The molecular weight excluding hydrogens is 252 g/mol. The lowest BCUT2D eigenvalue weighted by Crippen LogP contribution is -2.18. The number of alkyl halides is 2. The molecule has 6 heteroatoms. The number of aryl methyl sites for hydroxylation is 1. The molecule has 98 valence electrons. The number of amides is 1. The molecule has 0 saturated heterocycles. The SMILES string of the molecule is O=C1CCc2ccc(-c3ccn(C(F)F)n3)cc2N1. The number of nitrogens with zero attached hydrogens (tertiary/aromatic N) is 2. The Hall–Kier alpha value is -2.24. The molecule has 19 heavy (non-hydrogen) atoms. The Balaban J connectivity index is 1.96. The molecule has 1 amide bonds. The molecule has 1 aliphatic rings. The van der Waals surface area contributed by atoms with Crippen LogP contribution in [0.2, 0.25) is 0 Å². The molecule has 0 saturated carbocycles. The predicted octanol–water partition coefficient (Wildman–Crippen LogP) is 2.83. The normalized spacial score (nSPS) is 14.4. The molecule has 0 fully saturated rings. The molecule has 4 nitrogen and oxygen atoms in total. The van der Waals surface area contributed by atoms with E-state index in [1.165, 1.54) is 12.3 Å². The molecule has 0 unspecified atom stereocenters. The zero-order valence-corrected chi connectivity index (χ0v) is 9.94. The Morgan fingerprint density at radius 2 is 2.11 bits per heavy atom. The maximum absolute atomic E-state index is 12.5. The Labute approximate surface area is 108 Å². The summed E-state index contributed by atoms with van der Waals surface area (Å²) in [5, 5.41) is 6.58. The van der Waals surface area contributed by atoms with Gasteiger partial charge >= 0.3 is 6.55 Å². The molecule has 0 aliphatic carbocycles. The fourth-order valence-corrected chi connectivity index (χ4v) is 2.13. The monoisotopic (exact) mass is 263 g/mol. The van der Waals surface area contributed by atoms with Crippen molar-refractivity contribution in [1.82, 2.24) is 9.78 Å². The van der Waals surface area contributed by atoms with Gasteiger partial charge in [-0.05, 0) is 24.1 Å². The number of halogens is 2. The number of aromatic nitrogens is 2. The van der Waals surface area contributed by atoms with Crippen molar-refractivity contribution in [2.75, 3.05) is 5.32 Å². The van der Waals surface area contributed by atoms with Crippen molar-refractivity contribution >= 4 is 11.6 Å². The number of fused-ring (bicyclic) bond motifs is 1. The zero-order valence-electron chi connectivity index (χ0n) is 9.94. The van der Waals surface area contributed by atoms with Gasteiger partial charge in [-0.1, -0.05) is 12.1 Å². The Morgan fingerprint density at radius 1 is 1.26 bits per heavy atom. The molecule has 0 atom stereocenters. The van der Waals surface area contributed by atoms with E-state index in [0.29, 0.717) is 28.8 Å². The number of hydrogen-bond donors (Lipinski definition) is 1. The van der Waals surface area contributed by atoms with Crippen LogP contribution in [0.4, 0.5) is 14.5 Å². The van der Waals surface area contributed by atoms with Crippen LogP contribution in [-0.4, -0.2) is 15.7 Å². The summed E-state index contributed by atoms with van der Waals surface area (Å²) in [5.41, 5.74) is 2.96. The Bertz CT molecular complexity index is 637. The van der Waals surface area contributed by atoms with Gasteiger partial charge in [0.15, 0.2) is 0 Å². The number of carbonyl (C=O) groups is 1. The molecule has 0 radical (unpaired) electrons. The van der Waals surface area contributed by atoms with E-state index in [0.717, 1.165) is 11.3 Å². The van der Waals surface area contributed by atoms with Crippen molar-refractivity contribution < 1.29 is 13.6 Å². The van der Waals surface area contributed by atoms with Crippen LogP contribution in [-0.2, 0) is 11.2 Å². The molecule has 3 rings (SSSR count). The molecule has 1 aliphatic heterocycles. The standard InChI is InChI=1S/C13H11F2N3O/c14-13(15)18-6-5-10(17-18)9-2-1-8-3-4-12(19)16-11(8)7-9/h1-2,5-7,13H,3-4H2,(H,16,19). The van der Waals surface area contributed by atoms with E-state index in [1.54, 1.807) is 6.07 Å². The van der Waals surface area contributed by atoms with Crippen LogP contribution in [0, 0.1) is 0 Å². The van der Waals surface area contributed by atoms with Crippen LogP contribution >= 0.6 is 0 Å². The van der Waals surface area contributed by atoms with Crippen LogP contribution in [0.1, 0.15) is 18.5 Å². The van der Waals surface area contributed by atoms with Gasteiger partial charge in [0.25, 0.3) is 0 Å². The molecular formula is C13H11F2N3O. The van der Waals surface area contributed by atoms with Gasteiger partial charge in [-0.15, -0.1) is 0 Å². The number of anilines is 1. The highest BCUT2D eigenvalue weighted by Gasteiger charge is 2.16. The van der Waals surface area contributed by atoms with Crippen LogP contribution in [0.5, 0.6) is 0 Å². The minimum atomic E-state index is -2.65. The maximum Gasteiger partial charge on any atom is 0.333 e. The molecule has 1 aromatic carbocycles. The van der Waals surface area contributed by atoms with Crippen LogP contribution in [0.15, 0.2) is 30.5 Å². The highest BCUT2D eigenvalue weighted by Crippen LogP contribution is 2.28. The van der Waals surface area contributed by atoms with E-state index in [-0.39, 0.29) is 5.91 Å². The van der Waals surface area contributed by atoms with E-state index < -0.39 is 6.55 Å². The van der Waals surface area contributed by atoms with E-state index >= 15 is 0 Å². The highest BCUT2D eigenvalue weighted by molar-refractivity contribution is 5.94. The maximum atomic E-state index is 12.5. The quantitative estimate of drug-likeness (QED) is 0.905. The second-order valence-electron chi connectivity index (χ2n) is 4.38. The predicted molar refractivity (Wildman–Crippen MR) is 65.9 cm³/mol. The van der Waals surface area contributed by atoms with Crippen molar-refractivity contribution in [1.29, 1.82) is 0 Å². The van der Waals surface area contributed by atoms with Gasteiger partial charge in [0, 0.05) is 23.9 Å². The molecule has 0 bridgehead atoms. The van der Waals surface area contributed by atoms with Crippen molar-refractivity contribution in [2.45, 2.75) is 19.4 Å². The lowest BCUT2D eigenvalue weighted by molar-refractivity contribution is -0.116. The van der Waals surface area contributed by atoms with Gasteiger partial charge in [-0.25, -0.2) is 4.68 Å². The van der Waals surface area contributed by atoms with E-state index in [4.69, 9.17) is 0 Å². The average molecular weight is 263 g/mol. The first-order valence-electron chi connectivity index (χ1n) is 5.90. The van der Waals surface area contributed by atoms with Crippen LogP contribution < -0.4 is 5.32 Å². The third-order valence-corrected chi connectivity index (χ3v) is 3.11. The Kier molecular flexibility index (Phi) is 2.77. The molecule has 0 spiro atoms. The molecule has 2 aromatic rings. The van der Waals surface area contributed by atoms with Crippen molar-refractivity contribution in [2.24, 2.45) is 0 Å². The highest BCUT2D eigenvalue weighted by atomic mass is 19.3. The summed E-state index contributed by atoms with van der Waals surface area (Å²) in [5.74, 6) is -0.0252. The number of nitrogens with one attached hydrogen (secondary N) is 1. The van der Waals surface area contributed by atoms with Crippen molar-refractivity contribution in [3.05, 3.63) is 36.0 Å². The topological polar surface area (TPSA) is 46.9 Å². The van der Waals surface area contributed by atoms with Gasteiger partial charge in [0.05, 0.1) is 5.69 Å². The third-order valence-electron chi connectivity index (χ3n) is 3.11. The van der Waals surface area contributed by atoms with E-state index in [1.807, 2.05) is 12.1 Å². The van der Waals surface area contributed by atoms with Crippen molar-refractivity contribution in [3.63, 3.8) is 0 Å². The minimum absolute atomic E-state index is 0.0252. The summed E-state index contributed by atoms with van der Waals surface area (Å²) < 4.78 is 25.5. The molecule has 2 heterocycles. The lowest BCUT2D eigenvalue weighted by atomic mass is 10.00. The number of rotatable bonds is 2. The largest absolute Gasteiger partial charge is 0.333 e. The second-order valence-corrected chi connectivity index (χ2v) is 4.38. The molecule has 1 N–H and O–H groups in total. The zero-order chi connectivity index (χ0) is 13.4. The first kappa shape index (κ1) is 11.8. The number of benzene rings is 1. The first-order valence-corrected chi connectivity index (χ1v) is 5.90. The lowest BCUT2D eigenvalue weighted by Gasteiger charge is -2.17. The summed E-state index contributed by atoms with van der Waals surface area (Å²) >= 11 is 0. The second kappa shape index (κ2) is 4.46. The van der Waals surface area contributed by atoms with Crippen LogP contribution in [0.25, 0.3) is 11.3 Å². The fourth-order valence-electron chi connectivity index (χ4n) is 2.13. The van der Waals surface area contributed by atoms with E-state index in [9.17, 15) is 13.6 Å². The van der Waals surface area contributed by atoms with Gasteiger partial charge in [0.1, 0.15) is 0 Å². The average Bonchev–Trinajstić information content (AvgIpc) is 2.87. The summed E-state index contributed by atoms with van der Waals surface area (Å²) in [6.45, 7) is -2.65. The summed E-state index contributed by atoms with van der Waals surface area (Å²) in [4.78, 5) is 11.3. The summed E-state index contributed by atoms with van der Waals surface area (Å²) in [6, 6.07) is 7.02. The first-order chi connectivity index (χ1) is 9.13. The minimum Gasteiger partial charge on any atom is -0.326 e. The number of carbonyl (C=O) groups excluding carboxylic acids is 1. The Morgan fingerprint density at radius 3 is 2.84 bits per heavy atom. The number of hydrogen-bond acceptors (Lipinski definition) is 2.